The minimum Gasteiger partial charge on any atom is -0.465 e. The van der Waals surface area contributed by atoms with Crippen LogP contribution in [0.25, 0.3) is 0 Å². The molecule has 1 aromatic carbocycles. The lowest BCUT2D eigenvalue weighted by Crippen LogP contribution is -2.46. The molecule has 9 heteroatoms. The first-order chi connectivity index (χ1) is 10.7. The summed E-state index contributed by atoms with van der Waals surface area (Å²) in [4.78, 5) is 24.3. The third-order valence-corrected chi connectivity index (χ3v) is 3.94. The number of carbonyl (C=O) groups is 2. The predicted octanol–water partition coefficient (Wildman–Crippen LogP) is 0.897. The van der Waals surface area contributed by atoms with Crippen LogP contribution in [0.15, 0.2) is 24.3 Å². The average Bonchev–Trinajstić information content (AvgIpc) is 2.46. The monoisotopic (exact) mass is 342 g/mol. The zero-order chi connectivity index (χ0) is 17.0. The Bertz CT molecular complexity index is 695. The van der Waals surface area contributed by atoms with Crippen molar-refractivity contribution in [2.45, 2.75) is 18.9 Å². The summed E-state index contributed by atoms with van der Waals surface area (Å²) >= 11 is 0. The summed E-state index contributed by atoms with van der Waals surface area (Å²) in [5.74, 6) is -0.279. The van der Waals surface area contributed by atoms with Crippen molar-refractivity contribution >= 4 is 22.1 Å². The van der Waals surface area contributed by atoms with Gasteiger partial charge in [0.2, 0.25) is 0 Å². The molecule has 0 spiro atoms. The van der Waals surface area contributed by atoms with E-state index in [0.717, 1.165) is 6.26 Å². The zero-order valence-corrected chi connectivity index (χ0v) is 13.4. The van der Waals surface area contributed by atoms with E-state index in [4.69, 9.17) is 9.29 Å². The van der Waals surface area contributed by atoms with E-state index in [0.29, 0.717) is 25.9 Å². The van der Waals surface area contributed by atoms with E-state index in [2.05, 4.69) is 5.32 Å². The molecular weight excluding hydrogens is 324 g/mol. The van der Waals surface area contributed by atoms with Crippen LogP contribution in [-0.2, 0) is 10.1 Å². The van der Waals surface area contributed by atoms with Crippen molar-refractivity contribution in [2.24, 2.45) is 0 Å². The van der Waals surface area contributed by atoms with E-state index in [1.165, 1.54) is 23.1 Å². The van der Waals surface area contributed by atoms with Crippen LogP contribution in [0.4, 0.5) is 4.79 Å². The first-order valence-corrected chi connectivity index (χ1v) is 8.84. The number of nitrogens with one attached hydrogen (secondary N) is 1. The lowest BCUT2D eigenvalue weighted by molar-refractivity contribution is 0.0907. The van der Waals surface area contributed by atoms with Crippen LogP contribution in [0.1, 0.15) is 23.2 Å². The Morgan fingerprint density at radius 1 is 1.30 bits per heavy atom. The van der Waals surface area contributed by atoms with Crippen molar-refractivity contribution in [3.8, 4) is 5.75 Å². The van der Waals surface area contributed by atoms with E-state index in [-0.39, 0.29) is 23.3 Å². The van der Waals surface area contributed by atoms with E-state index in [1.54, 1.807) is 6.07 Å². The number of rotatable bonds is 4. The van der Waals surface area contributed by atoms with E-state index in [9.17, 15) is 18.0 Å². The number of likely N-dealkylation sites (tertiary alicyclic amines) is 1. The summed E-state index contributed by atoms with van der Waals surface area (Å²) in [6.07, 6.45) is 1.05. The largest absolute Gasteiger partial charge is 0.465 e. The Kier molecular flexibility index (Phi) is 5.09. The van der Waals surface area contributed by atoms with Crippen molar-refractivity contribution in [3.05, 3.63) is 29.8 Å². The number of piperidine rings is 1. The normalized spacial score (nSPS) is 16.0. The molecule has 2 amide bonds. The molecule has 23 heavy (non-hydrogen) atoms. The fourth-order valence-corrected chi connectivity index (χ4v) is 2.80. The van der Waals surface area contributed by atoms with Gasteiger partial charge in [-0.05, 0) is 31.0 Å². The van der Waals surface area contributed by atoms with Gasteiger partial charge in [-0.3, -0.25) is 4.79 Å². The number of carboxylic acid groups (broad SMARTS) is 1. The number of hydrogen-bond acceptors (Lipinski definition) is 5. The highest BCUT2D eigenvalue weighted by atomic mass is 32.2. The summed E-state index contributed by atoms with van der Waals surface area (Å²) in [7, 11) is -3.65. The summed E-state index contributed by atoms with van der Waals surface area (Å²) < 4.78 is 27.0. The smallest absolute Gasteiger partial charge is 0.407 e. The molecule has 1 heterocycles. The van der Waals surface area contributed by atoms with Crippen LogP contribution < -0.4 is 9.50 Å². The summed E-state index contributed by atoms with van der Waals surface area (Å²) in [5, 5.41) is 11.7. The van der Waals surface area contributed by atoms with E-state index < -0.39 is 16.2 Å². The molecular formula is C14H18N2O6S. The summed E-state index contributed by atoms with van der Waals surface area (Å²) in [6.45, 7) is 0.745. The van der Waals surface area contributed by atoms with Crippen LogP contribution >= 0.6 is 0 Å². The molecule has 0 radical (unpaired) electrons. The van der Waals surface area contributed by atoms with Gasteiger partial charge in [-0.25, -0.2) is 4.79 Å². The standard InChI is InChI=1S/C14H18N2O6S/c1-23(20,21)22-12-4-2-3-10(9-12)13(17)15-11-5-7-16(8-6-11)14(18)19/h2-4,9,11H,5-8H2,1H3,(H,15,17)(H,18,19). The van der Waals surface area contributed by atoms with Gasteiger partial charge in [-0.1, -0.05) is 6.07 Å². The Morgan fingerprint density at radius 3 is 2.52 bits per heavy atom. The molecule has 2 N–H and O–H groups in total. The van der Waals surface area contributed by atoms with Gasteiger partial charge < -0.3 is 19.5 Å². The van der Waals surface area contributed by atoms with E-state index >= 15 is 0 Å². The zero-order valence-electron chi connectivity index (χ0n) is 12.6. The molecule has 2 rings (SSSR count). The Balaban J connectivity index is 1.96. The van der Waals surface area contributed by atoms with Crippen molar-refractivity contribution < 1.29 is 27.3 Å². The van der Waals surface area contributed by atoms with Gasteiger partial charge in [0.05, 0.1) is 6.26 Å². The van der Waals surface area contributed by atoms with Gasteiger partial charge in [0.25, 0.3) is 5.91 Å². The molecule has 1 aromatic rings. The molecule has 0 aromatic heterocycles. The van der Waals surface area contributed by atoms with Crippen LogP contribution in [0, 0.1) is 0 Å². The number of benzene rings is 1. The van der Waals surface area contributed by atoms with Crippen LogP contribution in [0.2, 0.25) is 0 Å². The van der Waals surface area contributed by atoms with Gasteiger partial charge in [0.1, 0.15) is 5.75 Å². The van der Waals surface area contributed by atoms with Gasteiger partial charge in [-0.15, -0.1) is 0 Å². The topological polar surface area (TPSA) is 113 Å². The van der Waals surface area contributed by atoms with Crippen molar-refractivity contribution in [3.63, 3.8) is 0 Å². The molecule has 1 aliphatic rings. The Hall–Kier alpha value is -2.29. The highest BCUT2D eigenvalue weighted by molar-refractivity contribution is 7.86. The average molecular weight is 342 g/mol. The van der Waals surface area contributed by atoms with Crippen LogP contribution in [0.5, 0.6) is 5.75 Å². The second kappa shape index (κ2) is 6.86. The molecule has 0 atom stereocenters. The highest BCUT2D eigenvalue weighted by Crippen LogP contribution is 2.16. The van der Waals surface area contributed by atoms with Gasteiger partial charge >= 0.3 is 16.2 Å². The van der Waals surface area contributed by atoms with Gasteiger partial charge in [-0.2, -0.15) is 8.42 Å². The van der Waals surface area contributed by atoms with Crippen molar-refractivity contribution in [1.29, 1.82) is 0 Å². The SMILES string of the molecule is CS(=O)(=O)Oc1cccc(C(=O)NC2CCN(C(=O)O)CC2)c1. The summed E-state index contributed by atoms with van der Waals surface area (Å²) in [5.41, 5.74) is 0.284. The van der Waals surface area contributed by atoms with Crippen molar-refractivity contribution in [2.75, 3.05) is 19.3 Å². The minimum absolute atomic E-state index is 0.0702. The van der Waals surface area contributed by atoms with Crippen LogP contribution in [-0.4, -0.2) is 55.8 Å². The Morgan fingerprint density at radius 2 is 1.96 bits per heavy atom. The lowest BCUT2D eigenvalue weighted by Gasteiger charge is -2.30. The molecule has 8 nitrogen and oxygen atoms in total. The maximum Gasteiger partial charge on any atom is 0.407 e. The highest BCUT2D eigenvalue weighted by Gasteiger charge is 2.23. The second-order valence-corrected chi connectivity index (χ2v) is 6.91. The number of carbonyl (C=O) groups excluding carboxylic acids is 1. The molecule has 0 unspecified atom stereocenters. The van der Waals surface area contributed by atoms with Gasteiger partial charge in [0, 0.05) is 24.7 Å². The number of hydrogen-bond donors (Lipinski definition) is 2. The minimum atomic E-state index is -3.65. The van der Waals surface area contributed by atoms with Crippen LogP contribution in [0.3, 0.4) is 0 Å². The molecule has 1 aliphatic heterocycles. The molecule has 1 saturated heterocycles. The molecule has 0 bridgehead atoms. The molecule has 1 fully saturated rings. The fourth-order valence-electron chi connectivity index (χ4n) is 2.35. The Labute approximate surface area is 134 Å². The first-order valence-electron chi connectivity index (χ1n) is 7.03. The third kappa shape index (κ3) is 5.13. The first kappa shape index (κ1) is 17.1. The molecule has 0 aliphatic carbocycles. The number of amides is 2. The fraction of sp³-hybridized carbons (Fsp3) is 0.429. The van der Waals surface area contributed by atoms with E-state index in [1.807, 2.05) is 0 Å². The summed E-state index contributed by atoms with van der Waals surface area (Å²) in [6, 6.07) is 5.77. The second-order valence-electron chi connectivity index (χ2n) is 5.33. The number of nitrogens with zero attached hydrogens (tertiary/aromatic N) is 1. The third-order valence-electron chi connectivity index (χ3n) is 3.44. The lowest BCUT2D eigenvalue weighted by atomic mass is 10.0. The maximum atomic E-state index is 12.2. The van der Waals surface area contributed by atoms with Gasteiger partial charge in [0.15, 0.2) is 0 Å². The molecule has 126 valence electrons. The molecule has 0 saturated carbocycles. The quantitative estimate of drug-likeness (QED) is 0.786. The predicted molar refractivity (Wildman–Crippen MR) is 82.0 cm³/mol. The maximum absolute atomic E-state index is 12.2. The van der Waals surface area contributed by atoms with Crippen molar-refractivity contribution in [1.82, 2.24) is 10.2 Å².